The summed E-state index contributed by atoms with van der Waals surface area (Å²) in [6, 6.07) is 6.54. The predicted octanol–water partition coefficient (Wildman–Crippen LogP) is 1.51. The Morgan fingerprint density at radius 3 is 2.48 bits per heavy atom. The molecule has 0 bridgehead atoms. The standard InChI is InChI=1S/C18H18N2O6S/c1-12(21)26-14-4-2-13(3-5-14)10-15-17(23)20(18(24)27-15)11-16(22)19-6-8-25-9-7-19/h2-5,10H,6-9,11H2,1H3/b15-10-. The average Bonchev–Trinajstić information content (AvgIpc) is 2.91. The molecule has 0 radical (unpaired) electrons. The summed E-state index contributed by atoms with van der Waals surface area (Å²) in [5.41, 5.74) is 0.677. The monoisotopic (exact) mass is 390 g/mol. The summed E-state index contributed by atoms with van der Waals surface area (Å²) in [6.07, 6.45) is 1.57. The van der Waals surface area contributed by atoms with Crippen LogP contribution in [0.5, 0.6) is 5.75 Å². The van der Waals surface area contributed by atoms with Gasteiger partial charge in [0.25, 0.3) is 11.1 Å². The zero-order valence-electron chi connectivity index (χ0n) is 14.7. The number of rotatable bonds is 4. The summed E-state index contributed by atoms with van der Waals surface area (Å²) in [5.74, 6) is -0.791. The van der Waals surface area contributed by atoms with Gasteiger partial charge in [-0.25, -0.2) is 0 Å². The molecule has 1 aromatic rings. The summed E-state index contributed by atoms with van der Waals surface area (Å²) in [4.78, 5) is 50.7. The van der Waals surface area contributed by atoms with Gasteiger partial charge in [-0.2, -0.15) is 0 Å². The first kappa shape index (κ1) is 19.1. The number of nitrogens with zero attached hydrogens (tertiary/aromatic N) is 2. The highest BCUT2D eigenvalue weighted by atomic mass is 32.2. The number of morpholine rings is 1. The molecular weight excluding hydrogens is 372 g/mol. The maximum absolute atomic E-state index is 12.5. The lowest BCUT2D eigenvalue weighted by Gasteiger charge is -2.28. The van der Waals surface area contributed by atoms with Gasteiger partial charge in [0.05, 0.1) is 18.1 Å². The van der Waals surface area contributed by atoms with Gasteiger partial charge in [-0.1, -0.05) is 12.1 Å². The molecule has 8 nitrogen and oxygen atoms in total. The molecule has 0 atom stereocenters. The molecule has 142 valence electrons. The van der Waals surface area contributed by atoms with E-state index in [9.17, 15) is 19.2 Å². The molecule has 0 N–H and O–H groups in total. The smallest absolute Gasteiger partial charge is 0.308 e. The van der Waals surface area contributed by atoms with E-state index in [0.29, 0.717) is 37.6 Å². The predicted molar refractivity (Wildman–Crippen MR) is 97.8 cm³/mol. The van der Waals surface area contributed by atoms with Crippen LogP contribution in [0.4, 0.5) is 4.79 Å². The minimum absolute atomic E-state index is 0.245. The van der Waals surface area contributed by atoms with Crippen LogP contribution in [0.3, 0.4) is 0 Å². The number of carbonyl (C=O) groups excluding carboxylic acids is 4. The summed E-state index contributed by atoms with van der Waals surface area (Å²) >= 11 is 0.798. The molecule has 3 amide bonds. The van der Waals surface area contributed by atoms with E-state index in [1.54, 1.807) is 35.2 Å². The first-order valence-corrected chi connectivity index (χ1v) is 9.15. The highest BCUT2D eigenvalue weighted by Crippen LogP contribution is 2.32. The van der Waals surface area contributed by atoms with Crippen LogP contribution in [0, 0.1) is 0 Å². The number of amides is 3. The highest BCUT2D eigenvalue weighted by molar-refractivity contribution is 8.18. The molecule has 2 fully saturated rings. The Labute approximate surface area is 160 Å². The van der Waals surface area contributed by atoms with Gasteiger partial charge in [0, 0.05) is 20.0 Å². The first-order valence-electron chi connectivity index (χ1n) is 8.33. The number of carbonyl (C=O) groups is 4. The molecule has 0 spiro atoms. The van der Waals surface area contributed by atoms with Crippen molar-refractivity contribution in [3.05, 3.63) is 34.7 Å². The van der Waals surface area contributed by atoms with Gasteiger partial charge in [0.15, 0.2) is 0 Å². The van der Waals surface area contributed by atoms with Crippen molar-refractivity contribution in [1.29, 1.82) is 0 Å². The molecule has 3 rings (SSSR count). The second-order valence-electron chi connectivity index (χ2n) is 5.92. The normalized spacial score (nSPS) is 18.9. The van der Waals surface area contributed by atoms with Crippen molar-refractivity contribution in [2.75, 3.05) is 32.8 Å². The molecular formula is C18H18N2O6S. The molecule has 2 saturated heterocycles. The first-order chi connectivity index (χ1) is 12.9. The van der Waals surface area contributed by atoms with Crippen molar-refractivity contribution in [1.82, 2.24) is 9.80 Å². The van der Waals surface area contributed by atoms with Crippen LogP contribution in [-0.2, 0) is 19.1 Å². The molecule has 27 heavy (non-hydrogen) atoms. The maximum atomic E-state index is 12.5. The second kappa shape index (κ2) is 8.36. The number of ether oxygens (including phenoxy) is 2. The van der Waals surface area contributed by atoms with E-state index in [-0.39, 0.29) is 17.4 Å². The second-order valence-corrected chi connectivity index (χ2v) is 6.92. The van der Waals surface area contributed by atoms with Crippen molar-refractivity contribution in [3.63, 3.8) is 0 Å². The van der Waals surface area contributed by atoms with Gasteiger partial charge in [-0.3, -0.25) is 24.1 Å². The zero-order valence-corrected chi connectivity index (χ0v) is 15.5. The van der Waals surface area contributed by atoms with Gasteiger partial charge in [0.2, 0.25) is 5.91 Å². The zero-order chi connectivity index (χ0) is 19.4. The van der Waals surface area contributed by atoms with Gasteiger partial charge in [0.1, 0.15) is 12.3 Å². The Hall–Kier alpha value is -2.65. The van der Waals surface area contributed by atoms with Crippen molar-refractivity contribution in [3.8, 4) is 5.75 Å². The molecule has 2 heterocycles. The Morgan fingerprint density at radius 1 is 1.19 bits per heavy atom. The Morgan fingerprint density at radius 2 is 1.85 bits per heavy atom. The third-order valence-corrected chi connectivity index (χ3v) is 4.88. The van der Waals surface area contributed by atoms with Crippen molar-refractivity contribution in [2.24, 2.45) is 0 Å². The van der Waals surface area contributed by atoms with E-state index in [2.05, 4.69) is 0 Å². The maximum Gasteiger partial charge on any atom is 0.308 e. The summed E-state index contributed by atoms with van der Waals surface area (Å²) in [7, 11) is 0. The molecule has 1 aromatic carbocycles. The SMILES string of the molecule is CC(=O)Oc1ccc(/C=C2\SC(=O)N(CC(=O)N3CCOCC3)C2=O)cc1. The number of benzene rings is 1. The number of imide groups is 1. The van der Waals surface area contributed by atoms with Crippen LogP contribution in [0.2, 0.25) is 0 Å². The van der Waals surface area contributed by atoms with Crippen LogP contribution in [0.1, 0.15) is 12.5 Å². The average molecular weight is 390 g/mol. The molecule has 9 heteroatoms. The lowest BCUT2D eigenvalue weighted by Crippen LogP contribution is -2.46. The molecule has 0 unspecified atom stereocenters. The van der Waals surface area contributed by atoms with E-state index in [1.165, 1.54) is 6.92 Å². The van der Waals surface area contributed by atoms with Crippen LogP contribution in [0.25, 0.3) is 6.08 Å². The summed E-state index contributed by atoms with van der Waals surface area (Å²) in [6.45, 7) is 2.86. The molecule has 0 saturated carbocycles. The minimum Gasteiger partial charge on any atom is -0.427 e. The molecule has 2 aliphatic rings. The Kier molecular flexibility index (Phi) is 5.92. The lowest BCUT2D eigenvalue weighted by molar-refractivity contribution is -0.139. The van der Waals surface area contributed by atoms with Crippen LogP contribution >= 0.6 is 11.8 Å². The number of hydrogen-bond acceptors (Lipinski definition) is 7. The van der Waals surface area contributed by atoms with Crippen molar-refractivity contribution < 1.29 is 28.7 Å². The quantitative estimate of drug-likeness (QED) is 0.437. The highest BCUT2D eigenvalue weighted by Gasteiger charge is 2.37. The molecule has 2 aliphatic heterocycles. The Balaban J connectivity index is 1.66. The fraction of sp³-hybridized carbons (Fsp3) is 0.333. The van der Waals surface area contributed by atoms with E-state index < -0.39 is 17.1 Å². The fourth-order valence-electron chi connectivity index (χ4n) is 2.63. The lowest BCUT2D eigenvalue weighted by atomic mass is 10.2. The number of thioether (sulfide) groups is 1. The summed E-state index contributed by atoms with van der Waals surface area (Å²) < 4.78 is 10.1. The van der Waals surface area contributed by atoms with Crippen LogP contribution in [-0.4, -0.2) is 65.7 Å². The van der Waals surface area contributed by atoms with E-state index >= 15 is 0 Å². The largest absolute Gasteiger partial charge is 0.427 e. The third kappa shape index (κ3) is 4.75. The van der Waals surface area contributed by atoms with Gasteiger partial charge >= 0.3 is 5.97 Å². The van der Waals surface area contributed by atoms with Crippen molar-refractivity contribution >= 4 is 40.9 Å². The van der Waals surface area contributed by atoms with Crippen LogP contribution in [0.15, 0.2) is 29.2 Å². The number of hydrogen-bond donors (Lipinski definition) is 0. The topological polar surface area (TPSA) is 93.2 Å². The Bertz CT molecular complexity index is 799. The third-order valence-electron chi connectivity index (χ3n) is 3.97. The van der Waals surface area contributed by atoms with Crippen molar-refractivity contribution in [2.45, 2.75) is 6.92 Å². The van der Waals surface area contributed by atoms with Gasteiger partial charge in [-0.15, -0.1) is 0 Å². The van der Waals surface area contributed by atoms with Gasteiger partial charge in [-0.05, 0) is 35.5 Å². The molecule has 0 aromatic heterocycles. The minimum atomic E-state index is -0.490. The van der Waals surface area contributed by atoms with Gasteiger partial charge < -0.3 is 14.4 Å². The van der Waals surface area contributed by atoms with E-state index in [0.717, 1.165) is 16.7 Å². The van der Waals surface area contributed by atoms with E-state index in [1.807, 2.05) is 0 Å². The van der Waals surface area contributed by atoms with Crippen LogP contribution < -0.4 is 4.74 Å². The number of esters is 1. The van der Waals surface area contributed by atoms with E-state index in [4.69, 9.17) is 9.47 Å². The fourth-order valence-corrected chi connectivity index (χ4v) is 3.47. The molecule has 0 aliphatic carbocycles. The summed E-state index contributed by atoms with van der Waals surface area (Å²) in [5, 5.41) is -0.468.